The van der Waals surface area contributed by atoms with E-state index < -0.39 is 0 Å². The molecule has 1 saturated carbocycles. The van der Waals surface area contributed by atoms with Crippen LogP contribution in [0.25, 0.3) is 0 Å². The van der Waals surface area contributed by atoms with Gasteiger partial charge in [0.15, 0.2) is 0 Å². The van der Waals surface area contributed by atoms with Crippen molar-refractivity contribution in [3.63, 3.8) is 0 Å². The van der Waals surface area contributed by atoms with Crippen LogP contribution in [-0.4, -0.2) is 42.1 Å². The fourth-order valence-electron chi connectivity index (χ4n) is 4.43. The number of hydrogen-bond acceptors (Lipinski definition) is 4. The van der Waals surface area contributed by atoms with Crippen molar-refractivity contribution < 1.29 is 9.53 Å². The van der Waals surface area contributed by atoms with Gasteiger partial charge in [0.1, 0.15) is 5.82 Å². The lowest BCUT2D eigenvalue weighted by molar-refractivity contribution is -0.130. The molecule has 1 amide bonds. The van der Waals surface area contributed by atoms with Gasteiger partial charge in [-0.1, -0.05) is 13.3 Å². The highest BCUT2D eigenvalue weighted by Gasteiger charge is 2.42. The molecule has 1 aromatic heterocycles. The molecule has 0 spiro atoms. The van der Waals surface area contributed by atoms with Crippen LogP contribution in [0.4, 0.5) is 5.82 Å². The Morgan fingerprint density at radius 3 is 2.76 bits per heavy atom. The van der Waals surface area contributed by atoms with Crippen LogP contribution in [0.3, 0.4) is 0 Å². The van der Waals surface area contributed by atoms with Crippen LogP contribution in [0.15, 0.2) is 6.07 Å². The molecule has 3 aliphatic rings. The second kappa shape index (κ2) is 7.04. The van der Waals surface area contributed by atoms with Gasteiger partial charge in [-0.25, -0.2) is 4.98 Å². The van der Waals surface area contributed by atoms with E-state index in [1.54, 1.807) is 0 Å². The van der Waals surface area contributed by atoms with E-state index in [0.717, 1.165) is 70.8 Å². The van der Waals surface area contributed by atoms with Crippen molar-refractivity contribution in [2.24, 2.45) is 5.41 Å². The molecule has 0 bridgehead atoms. The summed E-state index contributed by atoms with van der Waals surface area (Å²) in [4.78, 5) is 20.0. The van der Waals surface area contributed by atoms with Crippen LogP contribution >= 0.6 is 0 Å². The van der Waals surface area contributed by atoms with Crippen LogP contribution in [0, 0.1) is 5.41 Å². The second-order valence-corrected chi connectivity index (χ2v) is 7.78. The van der Waals surface area contributed by atoms with Gasteiger partial charge in [-0.05, 0) is 55.7 Å². The first-order chi connectivity index (χ1) is 12.2. The summed E-state index contributed by atoms with van der Waals surface area (Å²) in [5.74, 6) is 0.928. The number of ether oxygens (including phenoxy) is 1. The molecule has 0 atom stereocenters. The van der Waals surface area contributed by atoms with E-state index in [-0.39, 0.29) is 11.3 Å². The minimum absolute atomic E-state index is 0.148. The van der Waals surface area contributed by atoms with E-state index in [9.17, 15) is 4.79 Å². The predicted molar refractivity (Wildman–Crippen MR) is 97.6 cm³/mol. The molecule has 5 nitrogen and oxygen atoms in total. The number of carbonyl (C=O) groups is 1. The predicted octanol–water partition coefficient (Wildman–Crippen LogP) is 2.92. The molecule has 2 fully saturated rings. The third-order valence-corrected chi connectivity index (χ3v) is 6.35. The fraction of sp³-hybridized carbons (Fsp3) is 0.700. The Labute approximate surface area is 150 Å². The molecule has 1 aromatic rings. The number of fused-ring (bicyclic) bond motifs is 1. The summed E-state index contributed by atoms with van der Waals surface area (Å²) < 4.78 is 5.46. The number of anilines is 1. The molecule has 4 rings (SSSR count). The first kappa shape index (κ1) is 17.0. The maximum atomic E-state index is 12.8. The molecule has 5 heteroatoms. The third kappa shape index (κ3) is 3.32. The van der Waals surface area contributed by atoms with E-state index in [0.29, 0.717) is 0 Å². The Kier molecular flexibility index (Phi) is 4.78. The van der Waals surface area contributed by atoms with Gasteiger partial charge < -0.3 is 10.1 Å². The maximum Gasteiger partial charge on any atom is 0.231 e. The number of morpholine rings is 1. The van der Waals surface area contributed by atoms with Gasteiger partial charge in [0.25, 0.3) is 0 Å². The highest BCUT2D eigenvalue weighted by Crippen LogP contribution is 2.44. The lowest BCUT2D eigenvalue weighted by Crippen LogP contribution is -2.41. The second-order valence-electron chi connectivity index (χ2n) is 7.78. The molecule has 0 unspecified atom stereocenters. The summed E-state index contributed by atoms with van der Waals surface area (Å²) in [6.45, 7) is 6.66. The van der Waals surface area contributed by atoms with Gasteiger partial charge >= 0.3 is 0 Å². The number of hydrogen-bond donors (Lipinski definition) is 1. The molecule has 25 heavy (non-hydrogen) atoms. The minimum atomic E-state index is -0.148. The molecular formula is C20H29N3O2. The Hall–Kier alpha value is -1.46. The van der Waals surface area contributed by atoms with Gasteiger partial charge in [0, 0.05) is 30.7 Å². The number of aromatic nitrogens is 1. The SMILES string of the molecule is CCC1(C(=O)Nc2cc(CN3CCOCC3)c3c(n2)CCC3)CCC1. The van der Waals surface area contributed by atoms with E-state index in [4.69, 9.17) is 9.72 Å². The van der Waals surface area contributed by atoms with Gasteiger partial charge in [0.2, 0.25) is 5.91 Å². The van der Waals surface area contributed by atoms with Crippen molar-refractivity contribution >= 4 is 11.7 Å². The van der Waals surface area contributed by atoms with Crippen LogP contribution in [0.1, 0.15) is 55.8 Å². The Balaban J connectivity index is 1.54. The maximum absolute atomic E-state index is 12.8. The molecule has 136 valence electrons. The third-order valence-electron chi connectivity index (χ3n) is 6.35. The van der Waals surface area contributed by atoms with Crippen molar-refractivity contribution in [1.29, 1.82) is 0 Å². The number of amides is 1. The van der Waals surface area contributed by atoms with E-state index in [1.165, 1.54) is 29.7 Å². The van der Waals surface area contributed by atoms with Gasteiger partial charge in [-0.3, -0.25) is 9.69 Å². The Morgan fingerprint density at radius 1 is 1.28 bits per heavy atom. The molecule has 0 radical (unpaired) electrons. The highest BCUT2D eigenvalue weighted by atomic mass is 16.5. The molecule has 1 saturated heterocycles. The zero-order valence-corrected chi connectivity index (χ0v) is 15.3. The quantitative estimate of drug-likeness (QED) is 0.893. The zero-order valence-electron chi connectivity index (χ0n) is 15.3. The van der Waals surface area contributed by atoms with Crippen molar-refractivity contribution in [2.45, 2.75) is 58.4 Å². The number of pyridine rings is 1. The lowest BCUT2D eigenvalue weighted by atomic mass is 9.66. The Bertz CT molecular complexity index is 643. The van der Waals surface area contributed by atoms with E-state index in [1.807, 2.05) is 0 Å². The van der Waals surface area contributed by atoms with Gasteiger partial charge in [-0.15, -0.1) is 0 Å². The fourth-order valence-corrected chi connectivity index (χ4v) is 4.43. The highest BCUT2D eigenvalue weighted by molar-refractivity contribution is 5.95. The first-order valence-corrected chi connectivity index (χ1v) is 9.83. The van der Waals surface area contributed by atoms with Crippen LogP contribution in [0.5, 0.6) is 0 Å². The molecular weight excluding hydrogens is 314 g/mol. The van der Waals surface area contributed by atoms with E-state index >= 15 is 0 Å². The van der Waals surface area contributed by atoms with Crippen LogP contribution in [0.2, 0.25) is 0 Å². The van der Waals surface area contributed by atoms with Gasteiger partial charge in [0.05, 0.1) is 13.2 Å². The normalized spacial score (nSPS) is 22.3. The zero-order chi connectivity index (χ0) is 17.3. The largest absolute Gasteiger partial charge is 0.379 e. The van der Waals surface area contributed by atoms with Crippen molar-refractivity contribution in [3.8, 4) is 0 Å². The summed E-state index contributed by atoms with van der Waals surface area (Å²) >= 11 is 0. The molecule has 0 aromatic carbocycles. The van der Waals surface area contributed by atoms with Crippen LogP contribution < -0.4 is 5.32 Å². The summed E-state index contributed by atoms with van der Waals surface area (Å²) in [5.41, 5.74) is 3.81. The molecule has 2 heterocycles. The molecule has 2 aliphatic carbocycles. The summed E-state index contributed by atoms with van der Waals surface area (Å²) in [6.07, 6.45) is 7.45. The van der Waals surface area contributed by atoms with Crippen molar-refractivity contribution in [1.82, 2.24) is 9.88 Å². The number of nitrogens with one attached hydrogen (secondary N) is 1. The minimum Gasteiger partial charge on any atom is -0.379 e. The summed E-state index contributed by atoms with van der Waals surface area (Å²) in [5, 5.41) is 3.15. The smallest absolute Gasteiger partial charge is 0.231 e. The summed E-state index contributed by atoms with van der Waals surface area (Å²) in [6, 6.07) is 2.12. The number of rotatable bonds is 5. The van der Waals surface area contributed by atoms with Gasteiger partial charge in [-0.2, -0.15) is 0 Å². The van der Waals surface area contributed by atoms with Crippen LogP contribution in [-0.2, 0) is 28.9 Å². The lowest BCUT2D eigenvalue weighted by Gasteiger charge is -2.39. The van der Waals surface area contributed by atoms with Crippen molar-refractivity contribution in [2.75, 3.05) is 31.6 Å². The number of nitrogens with zero attached hydrogens (tertiary/aromatic N) is 2. The Morgan fingerprint density at radius 2 is 2.08 bits per heavy atom. The summed E-state index contributed by atoms with van der Waals surface area (Å²) in [7, 11) is 0. The monoisotopic (exact) mass is 343 g/mol. The van der Waals surface area contributed by atoms with Crippen molar-refractivity contribution in [3.05, 3.63) is 22.9 Å². The van der Waals surface area contributed by atoms with E-state index in [2.05, 4.69) is 23.2 Å². The standard InChI is InChI=1S/C20H29N3O2/c1-2-20(7-4-8-20)19(24)22-18-13-15(14-23-9-11-25-12-10-23)16-5-3-6-17(16)21-18/h13H,2-12,14H2,1H3,(H,21,22,24). The average molecular weight is 343 g/mol. The molecule has 1 N–H and O–H groups in total. The first-order valence-electron chi connectivity index (χ1n) is 9.83. The number of carbonyl (C=O) groups excluding carboxylic acids is 1. The topological polar surface area (TPSA) is 54.5 Å². The average Bonchev–Trinajstić information content (AvgIpc) is 3.04. The number of aryl methyl sites for hydroxylation is 1. The molecule has 1 aliphatic heterocycles.